The van der Waals surface area contributed by atoms with Crippen molar-refractivity contribution in [1.29, 1.82) is 0 Å². The summed E-state index contributed by atoms with van der Waals surface area (Å²) in [5.41, 5.74) is -0.779. The molecule has 0 radical (unpaired) electrons. The van der Waals surface area contributed by atoms with Gasteiger partial charge in [-0.15, -0.1) is 0 Å². The molecule has 0 amide bonds. The number of rotatable bonds is 12. The molecule has 0 bridgehead atoms. The normalized spacial score (nSPS) is 23.0. The Labute approximate surface area is 158 Å². The van der Waals surface area contributed by atoms with Crippen LogP contribution >= 0.6 is 0 Å². The third-order valence-corrected chi connectivity index (χ3v) is 5.20. The van der Waals surface area contributed by atoms with Gasteiger partial charge in [0.2, 0.25) is 0 Å². The molecule has 1 unspecified atom stereocenters. The van der Waals surface area contributed by atoms with E-state index in [9.17, 15) is 14.7 Å². The summed E-state index contributed by atoms with van der Waals surface area (Å²) >= 11 is 0. The summed E-state index contributed by atoms with van der Waals surface area (Å²) in [6, 6.07) is 0. The van der Waals surface area contributed by atoms with Gasteiger partial charge in [-0.05, 0) is 44.9 Å². The quantitative estimate of drug-likeness (QED) is 0.308. The topological polar surface area (TPSA) is 63.6 Å². The van der Waals surface area contributed by atoms with Crippen molar-refractivity contribution >= 4 is 11.8 Å². The van der Waals surface area contributed by atoms with Crippen molar-refractivity contribution in [2.24, 2.45) is 11.8 Å². The molecule has 0 spiro atoms. The molecule has 1 N–H and O–H groups in total. The third kappa shape index (κ3) is 8.79. The van der Waals surface area contributed by atoms with Crippen molar-refractivity contribution in [1.82, 2.24) is 0 Å². The summed E-state index contributed by atoms with van der Waals surface area (Å²) < 4.78 is 4.61. The van der Waals surface area contributed by atoms with Crippen LogP contribution in [-0.4, -0.2) is 29.6 Å². The highest BCUT2D eigenvalue weighted by Gasteiger charge is 2.32. The zero-order chi connectivity index (χ0) is 19.4. The maximum Gasteiger partial charge on any atom is 0.305 e. The summed E-state index contributed by atoms with van der Waals surface area (Å²) in [7, 11) is 1.40. The number of unbranched alkanes of at least 4 members (excludes halogenated alkanes) is 2. The van der Waals surface area contributed by atoms with Crippen molar-refractivity contribution in [2.75, 3.05) is 7.11 Å². The third-order valence-electron chi connectivity index (χ3n) is 5.20. The molecule has 26 heavy (non-hydrogen) atoms. The molecule has 1 aliphatic rings. The molecule has 0 aromatic carbocycles. The van der Waals surface area contributed by atoms with Crippen LogP contribution in [0.15, 0.2) is 24.3 Å². The molecule has 1 rings (SSSR count). The molecule has 0 heterocycles. The fourth-order valence-corrected chi connectivity index (χ4v) is 3.50. The number of aliphatic hydroxyl groups is 1. The lowest BCUT2D eigenvalue weighted by Gasteiger charge is -2.21. The standard InChI is InChI=1S/C22H36O4/c1-4-5-10-16-22(2,25)17-15-18-13-14-20(23)19(18)11-8-6-7-9-12-21(24)26-3/h6-7,15,17-19,25H,4-5,8-14,16H2,1-3H3/b7-6-,17-15?/t18-,19-,22?/m0/s1. The number of ether oxygens (including phenoxy) is 1. The van der Waals surface area contributed by atoms with Crippen molar-refractivity contribution in [3.05, 3.63) is 24.3 Å². The van der Waals surface area contributed by atoms with E-state index >= 15 is 0 Å². The second-order valence-electron chi connectivity index (χ2n) is 7.61. The molecule has 148 valence electrons. The van der Waals surface area contributed by atoms with E-state index in [1.54, 1.807) is 0 Å². The Morgan fingerprint density at radius 3 is 2.73 bits per heavy atom. The van der Waals surface area contributed by atoms with Gasteiger partial charge in [0.05, 0.1) is 12.7 Å². The average Bonchev–Trinajstić information content (AvgIpc) is 2.96. The smallest absolute Gasteiger partial charge is 0.305 e. The van der Waals surface area contributed by atoms with Crippen molar-refractivity contribution in [3.8, 4) is 0 Å². The number of ketones is 1. The van der Waals surface area contributed by atoms with Crippen LogP contribution in [0.1, 0.15) is 78.1 Å². The lowest BCUT2D eigenvalue weighted by Crippen LogP contribution is -2.21. The van der Waals surface area contributed by atoms with Gasteiger partial charge in [0.25, 0.3) is 0 Å². The van der Waals surface area contributed by atoms with E-state index in [0.717, 1.165) is 44.9 Å². The molecule has 4 heteroatoms. The largest absolute Gasteiger partial charge is 0.469 e. The van der Waals surface area contributed by atoms with Crippen LogP contribution in [0.4, 0.5) is 0 Å². The maximum absolute atomic E-state index is 12.2. The van der Waals surface area contributed by atoms with E-state index in [2.05, 4.69) is 23.8 Å². The molecule has 1 aliphatic carbocycles. The highest BCUT2D eigenvalue weighted by Crippen LogP contribution is 2.34. The molecule has 0 aromatic heterocycles. The SMILES string of the molecule is CCCCCC(C)(O)C=C[C@@H]1CCC(=O)[C@H]1CC/C=C\CCC(=O)OC. The van der Waals surface area contributed by atoms with Crippen LogP contribution in [0.25, 0.3) is 0 Å². The minimum absolute atomic E-state index is 0.0583. The first-order chi connectivity index (χ1) is 12.4. The van der Waals surface area contributed by atoms with Gasteiger partial charge in [-0.25, -0.2) is 0 Å². The van der Waals surface area contributed by atoms with Gasteiger partial charge < -0.3 is 9.84 Å². The summed E-state index contributed by atoms with van der Waals surface area (Å²) in [6.45, 7) is 4.01. The number of carbonyl (C=O) groups is 2. The van der Waals surface area contributed by atoms with Crippen molar-refractivity contribution in [2.45, 2.75) is 83.7 Å². The maximum atomic E-state index is 12.2. The average molecular weight is 365 g/mol. The summed E-state index contributed by atoms with van der Waals surface area (Å²) in [4.78, 5) is 23.2. The number of Topliss-reactive ketones (excluding diaryl/α,β-unsaturated/α-hetero) is 1. The van der Waals surface area contributed by atoms with Crippen LogP contribution in [0.3, 0.4) is 0 Å². The van der Waals surface area contributed by atoms with E-state index in [1.807, 2.05) is 19.1 Å². The molecule has 0 saturated heterocycles. The fraction of sp³-hybridized carbons (Fsp3) is 0.727. The van der Waals surface area contributed by atoms with E-state index in [4.69, 9.17) is 0 Å². The highest BCUT2D eigenvalue weighted by atomic mass is 16.5. The molecule has 1 fully saturated rings. The lowest BCUT2D eigenvalue weighted by atomic mass is 9.88. The Morgan fingerprint density at radius 2 is 2.04 bits per heavy atom. The molecule has 1 saturated carbocycles. The fourth-order valence-electron chi connectivity index (χ4n) is 3.50. The number of methoxy groups -OCH3 is 1. The lowest BCUT2D eigenvalue weighted by molar-refractivity contribution is -0.140. The predicted molar refractivity (Wildman–Crippen MR) is 105 cm³/mol. The van der Waals surface area contributed by atoms with Gasteiger partial charge in [-0.2, -0.15) is 0 Å². The zero-order valence-corrected chi connectivity index (χ0v) is 16.7. The number of hydrogen-bond acceptors (Lipinski definition) is 4. The second-order valence-corrected chi connectivity index (χ2v) is 7.61. The predicted octanol–water partition coefficient (Wildman–Crippen LogP) is 4.76. The van der Waals surface area contributed by atoms with Crippen LogP contribution in [0, 0.1) is 11.8 Å². The number of carbonyl (C=O) groups excluding carboxylic acids is 2. The van der Waals surface area contributed by atoms with Crippen LogP contribution < -0.4 is 0 Å². The summed E-state index contributed by atoms with van der Waals surface area (Å²) in [5, 5.41) is 10.5. The number of esters is 1. The molecular formula is C22H36O4. The monoisotopic (exact) mass is 364 g/mol. The van der Waals surface area contributed by atoms with Gasteiger partial charge >= 0.3 is 5.97 Å². The molecule has 0 aliphatic heterocycles. The van der Waals surface area contributed by atoms with Crippen LogP contribution in [-0.2, 0) is 14.3 Å². The van der Waals surface area contributed by atoms with E-state index in [-0.39, 0.29) is 17.8 Å². The Morgan fingerprint density at radius 1 is 1.31 bits per heavy atom. The first-order valence-corrected chi connectivity index (χ1v) is 10.1. The van der Waals surface area contributed by atoms with E-state index in [1.165, 1.54) is 7.11 Å². The Hall–Kier alpha value is -1.42. The number of allylic oxidation sites excluding steroid dienone is 3. The first kappa shape index (κ1) is 22.6. The highest BCUT2D eigenvalue weighted by molar-refractivity contribution is 5.83. The Bertz CT molecular complexity index is 490. The summed E-state index contributed by atoms with van der Waals surface area (Å²) in [6.07, 6.45) is 16.4. The van der Waals surface area contributed by atoms with Gasteiger partial charge in [0, 0.05) is 18.8 Å². The van der Waals surface area contributed by atoms with Gasteiger partial charge in [0.15, 0.2) is 0 Å². The van der Waals surface area contributed by atoms with Gasteiger partial charge in [0.1, 0.15) is 5.78 Å². The van der Waals surface area contributed by atoms with Gasteiger partial charge in [-0.3, -0.25) is 9.59 Å². The molecule has 3 atom stereocenters. The van der Waals surface area contributed by atoms with Crippen molar-refractivity contribution in [3.63, 3.8) is 0 Å². The zero-order valence-electron chi connectivity index (χ0n) is 16.7. The Kier molecular flexibility index (Phi) is 10.5. The van der Waals surface area contributed by atoms with Crippen molar-refractivity contribution < 1.29 is 19.4 Å². The Balaban J connectivity index is 2.43. The second kappa shape index (κ2) is 12.1. The minimum atomic E-state index is -0.779. The number of hydrogen-bond donors (Lipinski definition) is 1. The molecule has 4 nitrogen and oxygen atoms in total. The molecular weight excluding hydrogens is 328 g/mol. The summed E-state index contributed by atoms with van der Waals surface area (Å²) in [5.74, 6) is 0.441. The minimum Gasteiger partial charge on any atom is -0.469 e. The molecule has 0 aromatic rings. The van der Waals surface area contributed by atoms with Crippen LogP contribution in [0.2, 0.25) is 0 Å². The first-order valence-electron chi connectivity index (χ1n) is 10.1. The van der Waals surface area contributed by atoms with Gasteiger partial charge in [-0.1, -0.05) is 50.5 Å². The van der Waals surface area contributed by atoms with Crippen LogP contribution in [0.5, 0.6) is 0 Å². The van der Waals surface area contributed by atoms with E-state index < -0.39 is 5.60 Å². The van der Waals surface area contributed by atoms with E-state index in [0.29, 0.717) is 25.0 Å².